The topological polar surface area (TPSA) is 126 Å². The number of allylic oxidation sites excluding steroid dienone is 1. The van der Waals surface area contributed by atoms with Crippen molar-refractivity contribution in [3.8, 4) is 0 Å². The van der Waals surface area contributed by atoms with E-state index in [0.29, 0.717) is 36.0 Å². The number of hydrogen-bond donors (Lipinski definition) is 0. The Kier molecular flexibility index (Phi) is 6.66. The van der Waals surface area contributed by atoms with Crippen molar-refractivity contribution in [2.75, 3.05) is 0 Å². The highest BCUT2D eigenvalue weighted by Crippen LogP contribution is 2.83. The summed E-state index contributed by atoms with van der Waals surface area (Å²) in [7, 11) is 0. The molecule has 2 aromatic carbocycles. The van der Waals surface area contributed by atoms with E-state index in [0.717, 1.165) is 16.7 Å². The molecule has 0 radical (unpaired) electrons. The molecule has 4 heterocycles. The van der Waals surface area contributed by atoms with Gasteiger partial charge in [0.1, 0.15) is 29.0 Å². The Morgan fingerprint density at radius 1 is 0.902 bits per heavy atom. The highest BCUT2D eigenvalue weighted by Gasteiger charge is 3.01. The van der Waals surface area contributed by atoms with Crippen LogP contribution in [0.25, 0.3) is 5.76 Å². The number of esters is 2. The Morgan fingerprint density at radius 3 is 2.18 bits per heavy atom. The van der Waals surface area contributed by atoms with Crippen LogP contribution in [-0.4, -0.2) is 64.9 Å². The van der Waals surface area contributed by atoms with Gasteiger partial charge in [-0.25, -0.2) is 14.4 Å². The fraction of sp³-hybridized carbons (Fsp3) is 0.537. The molecule has 0 bridgehead atoms. The maximum Gasteiger partial charge on any atom is 0.509 e. The first-order valence-electron chi connectivity index (χ1n) is 18.1. The fourth-order valence-corrected chi connectivity index (χ4v) is 10.1. The van der Waals surface area contributed by atoms with Gasteiger partial charge in [0.05, 0.1) is 11.7 Å². The summed E-state index contributed by atoms with van der Waals surface area (Å²) < 4.78 is 44.5. The van der Waals surface area contributed by atoms with Crippen molar-refractivity contribution in [1.29, 1.82) is 0 Å². The van der Waals surface area contributed by atoms with Gasteiger partial charge in [0.2, 0.25) is 0 Å². The van der Waals surface area contributed by atoms with E-state index in [9.17, 15) is 14.4 Å². The van der Waals surface area contributed by atoms with E-state index in [1.165, 1.54) is 0 Å². The van der Waals surface area contributed by atoms with E-state index in [4.69, 9.17) is 33.2 Å². The molecule has 7 aliphatic rings. The van der Waals surface area contributed by atoms with Crippen molar-refractivity contribution in [2.45, 2.75) is 121 Å². The Bertz CT molecular complexity index is 1950. The zero-order chi connectivity index (χ0) is 36.0. The molecule has 268 valence electrons. The smallest absolute Gasteiger partial charge is 0.429 e. The minimum Gasteiger partial charge on any atom is -0.429 e. The predicted octanol–water partition coefficient (Wildman–Crippen LogP) is 6.91. The van der Waals surface area contributed by atoms with Gasteiger partial charge >= 0.3 is 18.1 Å². The molecule has 51 heavy (non-hydrogen) atoms. The lowest BCUT2D eigenvalue weighted by molar-refractivity contribution is -0.133. The van der Waals surface area contributed by atoms with E-state index in [2.05, 4.69) is 20.8 Å². The van der Waals surface area contributed by atoms with Crippen molar-refractivity contribution in [3.63, 3.8) is 0 Å². The molecule has 0 unspecified atom stereocenters. The largest absolute Gasteiger partial charge is 0.509 e. The lowest BCUT2D eigenvalue weighted by Crippen LogP contribution is -2.70. The predicted molar refractivity (Wildman–Crippen MR) is 182 cm³/mol. The SMILES string of the molecule is Cc1ccc(C(=O)O/C(=C2/OC(=O)C3=C2[C@@H]2C[C@@H]4O[C@@]45[C@H](OC(=O)OC(C)(C)C)[C@@]4(C(C)C)O[C@H]4[C@@H]4O[C@@]45[C@@]2(C)CC3)c2ccc(C)cc2)cc1. The standard InChI is InChI=1S/C41H44O10/c1-20(2)39-31(49-39)32-41(50-32)38(8)18-17-25-28(26(38)19-27-40(41,48-27)35(39)47-36(44)51-37(5,6)7)30(46-34(25)43)29(23-13-9-21(3)10-14-23)45-33(42)24-15-11-22(4)12-16-24/h9-16,20,26-27,31-32,35H,17-19H2,1-8H3/b30-29+/t26-,27-,31-,32-,35+,38-,39-,40+,41+/m0/s1. The summed E-state index contributed by atoms with van der Waals surface area (Å²) in [5.74, 6) is -0.770. The number of carbonyl (C=O) groups is 3. The molecule has 0 N–H and O–H groups in total. The number of fused-ring (bicyclic) bond motifs is 4. The van der Waals surface area contributed by atoms with Crippen LogP contribution < -0.4 is 0 Å². The highest BCUT2D eigenvalue weighted by atomic mass is 16.8. The maximum absolute atomic E-state index is 13.7. The average Bonchev–Trinajstić information content (AvgIpc) is 3.98. The van der Waals surface area contributed by atoms with E-state index >= 15 is 0 Å². The number of aryl methyl sites for hydroxylation is 2. The Morgan fingerprint density at radius 2 is 1.55 bits per heavy atom. The van der Waals surface area contributed by atoms with Gasteiger partial charge in [-0.05, 0) is 77.8 Å². The van der Waals surface area contributed by atoms with Crippen molar-refractivity contribution >= 4 is 23.9 Å². The van der Waals surface area contributed by atoms with Crippen LogP contribution in [0.1, 0.15) is 87.9 Å². The Labute approximate surface area is 297 Å². The normalized spacial score (nSPS) is 38.9. The van der Waals surface area contributed by atoms with Crippen LogP contribution in [0.3, 0.4) is 0 Å². The monoisotopic (exact) mass is 696 g/mol. The van der Waals surface area contributed by atoms with Crippen LogP contribution in [0.5, 0.6) is 0 Å². The molecule has 10 nitrogen and oxygen atoms in total. The quantitative estimate of drug-likeness (QED) is 0.141. The second-order valence-electron chi connectivity index (χ2n) is 17.0. The number of ether oxygens (including phenoxy) is 7. The van der Waals surface area contributed by atoms with Crippen LogP contribution in [0.15, 0.2) is 65.4 Å². The lowest BCUT2D eigenvalue weighted by atomic mass is 9.46. The van der Waals surface area contributed by atoms with Crippen LogP contribution in [0.2, 0.25) is 0 Å². The number of benzene rings is 2. The van der Waals surface area contributed by atoms with Gasteiger partial charge in [0.25, 0.3) is 0 Å². The van der Waals surface area contributed by atoms with Gasteiger partial charge in [0.15, 0.2) is 23.2 Å². The lowest BCUT2D eigenvalue weighted by Gasteiger charge is -2.53. The minimum atomic E-state index is -0.944. The van der Waals surface area contributed by atoms with Crippen molar-refractivity contribution in [2.24, 2.45) is 17.3 Å². The second-order valence-corrected chi connectivity index (χ2v) is 17.0. The Balaban J connectivity index is 1.14. The van der Waals surface area contributed by atoms with Gasteiger partial charge in [0, 0.05) is 22.1 Å². The highest BCUT2D eigenvalue weighted by molar-refractivity contribution is 5.99. The fourth-order valence-electron chi connectivity index (χ4n) is 10.1. The third-order valence-electron chi connectivity index (χ3n) is 12.6. The molecule has 0 amide bonds. The molecule has 2 saturated carbocycles. The van der Waals surface area contributed by atoms with Crippen molar-refractivity contribution in [1.82, 2.24) is 0 Å². The third-order valence-corrected chi connectivity index (χ3v) is 12.6. The molecule has 4 aliphatic heterocycles. The van der Waals surface area contributed by atoms with Crippen LogP contribution in [0.4, 0.5) is 4.79 Å². The summed E-state index contributed by atoms with van der Waals surface area (Å²) in [5.41, 5.74) is 0.492. The summed E-state index contributed by atoms with van der Waals surface area (Å²) in [6.07, 6.45) is -0.855. The van der Waals surface area contributed by atoms with Crippen molar-refractivity contribution in [3.05, 3.63) is 87.7 Å². The molecule has 10 heteroatoms. The maximum atomic E-state index is 13.7. The van der Waals surface area contributed by atoms with Crippen molar-refractivity contribution < 1.29 is 47.5 Å². The third kappa shape index (κ3) is 4.30. The summed E-state index contributed by atoms with van der Waals surface area (Å²) in [6, 6.07) is 14.8. The molecule has 9 rings (SSSR count). The molecule has 3 saturated heterocycles. The summed E-state index contributed by atoms with van der Waals surface area (Å²) >= 11 is 0. The molecule has 2 aromatic rings. The number of rotatable bonds is 5. The van der Waals surface area contributed by atoms with Crippen LogP contribution >= 0.6 is 0 Å². The molecular weight excluding hydrogens is 652 g/mol. The van der Waals surface area contributed by atoms with Gasteiger partial charge in [-0.15, -0.1) is 0 Å². The average molecular weight is 697 g/mol. The minimum absolute atomic E-state index is 0.0123. The van der Waals surface area contributed by atoms with Crippen LogP contribution in [0, 0.1) is 31.1 Å². The van der Waals surface area contributed by atoms with E-state index in [1.54, 1.807) is 32.9 Å². The zero-order valence-corrected chi connectivity index (χ0v) is 30.3. The number of hydrogen-bond acceptors (Lipinski definition) is 10. The van der Waals surface area contributed by atoms with Gasteiger partial charge in [-0.2, -0.15) is 0 Å². The zero-order valence-electron chi connectivity index (χ0n) is 30.3. The first-order chi connectivity index (χ1) is 24.1. The molecule has 2 spiro atoms. The molecule has 9 atom stereocenters. The van der Waals surface area contributed by atoms with E-state index < -0.39 is 52.0 Å². The summed E-state index contributed by atoms with van der Waals surface area (Å²) in [5, 5.41) is 0. The van der Waals surface area contributed by atoms with Gasteiger partial charge < -0.3 is 33.2 Å². The van der Waals surface area contributed by atoms with E-state index in [1.807, 2.05) is 50.2 Å². The van der Waals surface area contributed by atoms with Gasteiger partial charge in [-0.1, -0.05) is 68.3 Å². The molecule has 0 aromatic heterocycles. The molecule has 5 fully saturated rings. The van der Waals surface area contributed by atoms with E-state index in [-0.39, 0.29) is 41.7 Å². The molecular formula is C41H44O10. The number of epoxide rings is 3. The number of cyclic esters (lactones) is 1. The Hall–Kier alpha value is -3.99. The summed E-state index contributed by atoms with van der Waals surface area (Å²) in [6.45, 7) is 15.7. The molecule has 3 aliphatic carbocycles. The number of carbonyl (C=O) groups excluding carboxylic acids is 3. The van der Waals surface area contributed by atoms with Gasteiger partial charge in [-0.3, -0.25) is 0 Å². The van der Waals surface area contributed by atoms with Crippen LogP contribution in [-0.2, 0) is 38.0 Å². The first-order valence-corrected chi connectivity index (χ1v) is 18.1. The summed E-state index contributed by atoms with van der Waals surface area (Å²) in [4.78, 5) is 40.7. The second kappa shape index (κ2) is 10.3. The first kappa shape index (κ1) is 32.9.